The molecule has 4 heteroatoms. The van der Waals surface area contributed by atoms with E-state index >= 15 is 0 Å². The number of aliphatic hydroxyl groups excluding tert-OH is 1. The fourth-order valence-electron chi connectivity index (χ4n) is 1.74. The van der Waals surface area contributed by atoms with E-state index in [1.165, 1.54) is 0 Å². The minimum absolute atomic E-state index is 0.119. The van der Waals surface area contributed by atoms with Crippen molar-refractivity contribution in [1.82, 2.24) is 4.90 Å². The molecule has 13 heavy (non-hydrogen) atoms. The van der Waals surface area contributed by atoms with Crippen molar-refractivity contribution >= 4 is 0 Å². The Labute approximate surface area is 79.4 Å². The van der Waals surface area contributed by atoms with Crippen LogP contribution in [0.25, 0.3) is 0 Å². The molecule has 4 nitrogen and oxygen atoms in total. The molecular weight excluding hydrogens is 170 g/mol. The molecule has 1 unspecified atom stereocenters. The van der Waals surface area contributed by atoms with Gasteiger partial charge in [-0.2, -0.15) is 0 Å². The van der Waals surface area contributed by atoms with Crippen LogP contribution < -0.4 is 0 Å². The molecule has 1 heterocycles. The number of methoxy groups -OCH3 is 1. The molecule has 0 aliphatic carbocycles. The zero-order valence-electron chi connectivity index (χ0n) is 8.73. The minimum Gasteiger partial charge on any atom is -0.386 e. The minimum atomic E-state index is -0.559. The SMILES string of the molecule is COC1O[C@H](C)C[C@H](N(C)C)[C@H]1O. The van der Waals surface area contributed by atoms with Crippen molar-refractivity contribution in [3.63, 3.8) is 0 Å². The fourth-order valence-corrected chi connectivity index (χ4v) is 1.74. The maximum Gasteiger partial charge on any atom is 0.184 e. The second-order valence-electron chi connectivity index (χ2n) is 3.81. The summed E-state index contributed by atoms with van der Waals surface area (Å²) < 4.78 is 10.5. The highest BCUT2D eigenvalue weighted by Crippen LogP contribution is 2.23. The summed E-state index contributed by atoms with van der Waals surface area (Å²) >= 11 is 0. The Morgan fingerprint density at radius 2 is 2.08 bits per heavy atom. The Morgan fingerprint density at radius 1 is 1.46 bits per heavy atom. The van der Waals surface area contributed by atoms with Gasteiger partial charge in [0.15, 0.2) is 6.29 Å². The van der Waals surface area contributed by atoms with E-state index < -0.39 is 12.4 Å². The average molecular weight is 189 g/mol. The third-order valence-electron chi connectivity index (χ3n) is 2.51. The summed E-state index contributed by atoms with van der Waals surface area (Å²) in [6.45, 7) is 1.99. The number of ether oxygens (including phenoxy) is 2. The quantitative estimate of drug-likeness (QED) is 0.667. The van der Waals surface area contributed by atoms with Crippen molar-refractivity contribution in [2.75, 3.05) is 21.2 Å². The van der Waals surface area contributed by atoms with Crippen molar-refractivity contribution < 1.29 is 14.6 Å². The largest absolute Gasteiger partial charge is 0.386 e. The van der Waals surface area contributed by atoms with Gasteiger partial charge in [0.1, 0.15) is 6.10 Å². The van der Waals surface area contributed by atoms with Crippen molar-refractivity contribution in [3.05, 3.63) is 0 Å². The molecule has 0 bridgehead atoms. The Morgan fingerprint density at radius 3 is 2.54 bits per heavy atom. The number of hydrogen-bond acceptors (Lipinski definition) is 4. The van der Waals surface area contributed by atoms with E-state index in [0.717, 1.165) is 6.42 Å². The molecule has 1 fully saturated rings. The molecule has 0 aromatic heterocycles. The van der Waals surface area contributed by atoms with Crippen molar-refractivity contribution in [2.24, 2.45) is 0 Å². The van der Waals surface area contributed by atoms with Gasteiger partial charge in [-0.15, -0.1) is 0 Å². The van der Waals surface area contributed by atoms with E-state index in [1.54, 1.807) is 7.11 Å². The van der Waals surface area contributed by atoms with Crippen LogP contribution in [0.5, 0.6) is 0 Å². The summed E-state index contributed by atoms with van der Waals surface area (Å²) in [6.07, 6.45) is -0.0679. The zero-order valence-corrected chi connectivity index (χ0v) is 8.73. The summed E-state index contributed by atoms with van der Waals surface area (Å²) in [5.41, 5.74) is 0. The summed E-state index contributed by atoms with van der Waals surface area (Å²) in [6, 6.07) is 0.119. The lowest BCUT2D eigenvalue weighted by Gasteiger charge is -2.40. The molecule has 1 saturated heterocycles. The van der Waals surface area contributed by atoms with Crippen LogP contribution >= 0.6 is 0 Å². The van der Waals surface area contributed by atoms with E-state index in [9.17, 15) is 5.11 Å². The van der Waals surface area contributed by atoms with Crippen molar-refractivity contribution in [2.45, 2.75) is 37.9 Å². The number of likely N-dealkylation sites (N-methyl/N-ethyl adjacent to an activating group) is 1. The topological polar surface area (TPSA) is 41.9 Å². The van der Waals surface area contributed by atoms with Crippen LogP contribution in [0.1, 0.15) is 13.3 Å². The monoisotopic (exact) mass is 189 g/mol. The maximum absolute atomic E-state index is 9.83. The molecular formula is C9H19NO3. The molecule has 1 aliphatic rings. The lowest BCUT2D eigenvalue weighted by atomic mass is 9.99. The van der Waals surface area contributed by atoms with Gasteiger partial charge in [-0.1, -0.05) is 0 Å². The predicted molar refractivity (Wildman–Crippen MR) is 49.4 cm³/mol. The molecule has 1 aliphatic heterocycles. The summed E-state index contributed by atoms with van der Waals surface area (Å²) in [5.74, 6) is 0. The number of aliphatic hydroxyl groups is 1. The Balaban J connectivity index is 2.63. The van der Waals surface area contributed by atoms with E-state index in [4.69, 9.17) is 9.47 Å². The van der Waals surface area contributed by atoms with Gasteiger partial charge in [0.05, 0.1) is 6.10 Å². The second kappa shape index (κ2) is 4.37. The zero-order chi connectivity index (χ0) is 10.0. The molecule has 0 radical (unpaired) electrons. The Hall–Kier alpha value is -0.160. The van der Waals surface area contributed by atoms with Gasteiger partial charge in [0, 0.05) is 13.2 Å². The molecule has 0 saturated carbocycles. The predicted octanol–water partition coefficient (Wildman–Crippen LogP) is 0.0588. The smallest absolute Gasteiger partial charge is 0.184 e. The van der Waals surface area contributed by atoms with E-state index in [-0.39, 0.29) is 12.1 Å². The highest BCUT2D eigenvalue weighted by atomic mass is 16.7. The van der Waals surface area contributed by atoms with Crippen LogP contribution in [0.4, 0.5) is 0 Å². The second-order valence-corrected chi connectivity index (χ2v) is 3.81. The van der Waals surface area contributed by atoms with Gasteiger partial charge in [-0.05, 0) is 27.4 Å². The fraction of sp³-hybridized carbons (Fsp3) is 1.00. The van der Waals surface area contributed by atoms with Gasteiger partial charge < -0.3 is 19.5 Å². The highest BCUT2D eigenvalue weighted by Gasteiger charge is 2.37. The first-order chi connectivity index (χ1) is 6.06. The van der Waals surface area contributed by atoms with E-state index in [2.05, 4.69) is 0 Å². The number of hydrogen-bond donors (Lipinski definition) is 1. The molecule has 0 amide bonds. The van der Waals surface area contributed by atoms with Crippen molar-refractivity contribution in [1.29, 1.82) is 0 Å². The molecule has 0 aromatic carbocycles. The van der Waals surface area contributed by atoms with Crippen LogP contribution in [0.3, 0.4) is 0 Å². The maximum atomic E-state index is 9.83. The third kappa shape index (κ3) is 2.40. The summed E-state index contributed by atoms with van der Waals surface area (Å²) in [5, 5.41) is 9.83. The highest BCUT2D eigenvalue weighted by molar-refractivity contribution is 4.84. The van der Waals surface area contributed by atoms with Gasteiger partial charge in [-0.25, -0.2) is 0 Å². The Kier molecular flexibility index (Phi) is 3.67. The first-order valence-electron chi connectivity index (χ1n) is 4.59. The Bertz CT molecular complexity index is 163. The summed E-state index contributed by atoms with van der Waals surface area (Å²) in [7, 11) is 5.47. The first kappa shape index (κ1) is 10.9. The van der Waals surface area contributed by atoms with Crippen LogP contribution in [-0.4, -0.2) is 55.8 Å². The van der Waals surface area contributed by atoms with Crippen LogP contribution in [0.15, 0.2) is 0 Å². The molecule has 0 aromatic rings. The van der Waals surface area contributed by atoms with E-state index in [0.29, 0.717) is 0 Å². The molecule has 78 valence electrons. The van der Waals surface area contributed by atoms with Gasteiger partial charge >= 0.3 is 0 Å². The van der Waals surface area contributed by atoms with Crippen molar-refractivity contribution in [3.8, 4) is 0 Å². The normalized spacial score (nSPS) is 41.1. The summed E-state index contributed by atoms with van der Waals surface area (Å²) in [4.78, 5) is 2.01. The third-order valence-corrected chi connectivity index (χ3v) is 2.51. The average Bonchev–Trinajstić information content (AvgIpc) is 2.08. The molecule has 0 spiro atoms. The number of rotatable bonds is 2. The molecule has 1 rings (SSSR count). The molecule has 4 atom stereocenters. The van der Waals surface area contributed by atoms with Crippen LogP contribution in [0.2, 0.25) is 0 Å². The van der Waals surface area contributed by atoms with Crippen LogP contribution in [0, 0.1) is 0 Å². The standard InChI is InChI=1S/C9H19NO3/c1-6-5-7(10(2)3)8(11)9(12-4)13-6/h6-9,11H,5H2,1-4H3/t6-,7+,8-,9?/m1/s1. The molecule has 1 N–H and O–H groups in total. The lowest BCUT2D eigenvalue weighted by molar-refractivity contribution is -0.242. The van der Waals surface area contributed by atoms with Gasteiger partial charge in [0.2, 0.25) is 0 Å². The number of nitrogens with zero attached hydrogens (tertiary/aromatic N) is 1. The lowest BCUT2D eigenvalue weighted by Crippen LogP contribution is -2.53. The van der Waals surface area contributed by atoms with Crippen LogP contribution in [-0.2, 0) is 9.47 Å². The van der Waals surface area contributed by atoms with Gasteiger partial charge in [0.25, 0.3) is 0 Å². The first-order valence-corrected chi connectivity index (χ1v) is 4.59. The van der Waals surface area contributed by atoms with E-state index in [1.807, 2.05) is 25.9 Å². The van der Waals surface area contributed by atoms with Gasteiger partial charge in [-0.3, -0.25) is 0 Å².